The lowest BCUT2D eigenvalue weighted by Crippen LogP contribution is -2.44. The highest BCUT2D eigenvalue weighted by Gasteiger charge is 2.32. The molecule has 0 bridgehead atoms. The van der Waals surface area contributed by atoms with Gasteiger partial charge in [0.05, 0.1) is 29.1 Å². The van der Waals surface area contributed by atoms with Crippen molar-refractivity contribution in [3.63, 3.8) is 0 Å². The average Bonchev–Trinajstić information content (AvgIpc) is 2.77. The van der Waals surface area contributed by atoms with Crippen LogP contribution in [0.25, 0.3) is 0 Å². The predicted octanol–water partition coefficient (Wildman–Crippen LogP) is -0.502. The summed E-state index contributed by atoms with van der Waals surface area (Å²) >= 11 is 0. The molecule has 1 aromatic rings. The lowest BCUT2D eigenvalue weighted by molar-refractivity contribution is 0.0579. The molecule has 0 aliphatic carbocycles. The Kier molecular flexibility index (Phi) is 3.58. The number of hydrogen-bond acceptors (Lipinski definition) is 5. The van der Waals surface area contributed by atoms with E-state index < -0.39 is 6.10 Å². The van der Waals surface area contributed by atoms with Crippen molar-refractivity contribution in [1.29, 1.82) is 0 Å². The number of carbonyl (C=O) groups is 1. The van der Waals surface area contributed by atoms with E-state index in [9.17, 15) is 9.90 Å². The highest BCUT2D eigenvalue weighted by atomic mass is 16.3. The lowest BCUT2D eigenvalue weighted by Gasteiger charge is -2.26. The van der Waals surface area contributed by atoms with Crippen LogP contribution >= 0.6 is 0 Å². The quantitative estimate of drug-likeness (QED) is 0.739. The number of aliphatic hydroxyl groups is 1. The van der Waals surface area contributed by atoms with Gasteiger partial charge in [-0.2, -0.15) is 10.2 Å². The van der Waals surface area contributed by atoms with Crippen LogP contribution in [0.15, 0.2) is 6.07 Å². The zero-order valence-corrected chi connectivity index (χ0v) is 10.8. The first-order valence-electron chi connectivity index (χ1n) is 5.97. The summed E-state index contributed by atoms with van der Waals surface area (Å²) < 4.78 is 0. The van der Waals surface area contributed by atoms with Gasteiger partial charge in [-0.3, -0.25) is 4.79 Å². The van der Waals surface area contributed by atoms with Crippen molar-refractivity contribution < 1.29 is 9.90 Å². The summed E-state index contributed by atoms with van der Waals surface area (Å²) in [6.07, 6.45) is -0.518. The average molecular weight is 250 g/mol. The van der Waals surface area contributed by atoms with Crippen LogP contribution in [-0.2, 0) is 0 Å². The summed E-state index contributed by atoms with van der Waals surface area (Å²) in [6, 6.07) is 1.54. The van der Waals surface area contributed by atoms with Gasteiger partial charge in [-0.05, 0) is 19.9 Å². The first-order chi connectivity index (χ1) is 8.50. The number of hydrogen-bond donors (Lipinski definition) is 2. The van der Waals surface area contributed by atoms with Crippen LogP contribution < -0.4 is 5.32 Å². The third kappa shape index (κ3) is 2.34. The van der Waals surface area contributed by atoms with E-state index in [1.807, 2.05) is 0 Å². The van der Waals surface area contributed by atoms with Crippen molar-refractivity contribution in [1.82, 2.24) is 20.4 Å². The smallest absolute Gasteiger partial charge is 0.255 e. The number of likely N-dealkylation sites (N-methyl/N-ethyl adjacent to an activating group) is 1. The van der Waals surface area contributed by atoms with E-state index in [2.05, 4.69) is 15.5 Å². The van der Waals surface area contributed by atoms with E-state index in [0.717, 1.165) is 0 Å². The molecule has 6 heteroatoms. The highest BCUT2D eigenvalue weighted by molar-refractivity contribution is 5.95. The molecule has 1 amide bonds. The first-order valence-corrected chi connectivity index (χ1v) is 5.97. The second-order valence-corrected chi connectivity index (χ2v) is 4.69. The maximum absolute atomic E-state index is 12.4. The molecule has 2 atom stereocenters. The van der Waals surface area contributed by atoms with Crippen LogP contribution in [0, 0.1) is 13.8 Å². The van der Waals surface area contributed by atoms with Gasteiger partial charge in [-0.25, -0.2) is 0 Å². The number of rotatable bonds is 2. The molecule has 98 valence electrons. The van der Waals surface area contributed by atoms with E-state index in [1.165, 1.54) is 0 Å². The van der Waals surface area contributed by atoms with Crippen molar-refractivity contribution in [3.8, 4) is 0 Å². The van der Waals surface area contributed by atoms with Crippen LogP contribution in [0.1, 0.15) is 21.7 Å². The Morgan fingerprint density at radius 1 is 1.44 bits per heavy atom. The maximum atomic E-state index is 12.4. The molecule has 0 radical (unpaired) electrons. The fourth-order valence-corrected chi connectivity index (χ4v) is 2.15. The Bertz CT molecular complexity index is 463. The summed E-state index contributed by atoms with van der Waals surface area (Å²) in [5, 5.41) is 20.7. The van der Waals surface area contributed by atoms with Crippen LogP contribution in [-0.4, -0.2) is 58.4 Å². The normalized spacial score (nSPS) is 23.1. The third-order valence-electron chi connectivity index (χ3n) is 3.30. The van der Waals surface area contributed by atoms with Gasteiger partial charge in [-0.1, -0.05) is 0 Å². The SMILES string of the molecule is Cc1cc(C(=O)N(C)[C@H]2CNC[C@@H]2O)c(C)nn1. The number of nitrogens with one attached hydrogen (secondary N) is 1. The van der Waals surface area contributed by atoms with E-state index in [-0.39, 0.29) is 11.9 Å². The van der Waals surface area contributed by atoms with Crippen LogP contribution in [0.5, 0.6) is 0 Å². The molecule has 1 fully saturated rings. The monoisotopic (exact) mass is 250 g/mol. The van der Waals surface area contributed by atoms with Gasteiger partial charge in [-0.15, -0.1) is 0 Å². The molecule has 2 N–H and O–H groups in total. The molecule has 6 nitrogen and oxygen atoms in total. The lowest BCUT2D eigenvalue weighted by atomic mass is 10.1. The largest absolute Gasteiger partial charge is 0.390 e. The van der Waals surface area contributed by atoms with E-state index in [0.29, 0.717) is 30.0 Å². The Morgan fingerprint density at radius 3 is 2.78 bits per heavy atom. The van der Waals surface area contributed by atoms with Crippen molar-refractivity contribution in [2.24, 2.45) is 0 Å². The number of β-amino-alcohol motifs (C(OH)–C–C–N with tert-alkyl or cyclic N) is 1. The molecule has 0 saturated carbocycles. The minimum absolute atomic E-state index is 0.127. The number of aromatic nitrogens is 2. The van der Waals surface area contributed by atoms with Gasteiger partial charge in [0, 0.05) is 20.1 Å². The minimum atomic E-state index is -0.518. The minimum Gasteiger partial charge on any atom is -0.390 e. The molecule has 1 saturated heterocycles. The molecule has 0 aromatic carbocycles. The maximum Gasteiger partial charge on any atom is 0.255 e. The second-order valence-electron chi connectivity index (χ2n) is 4.69. The standard InChI is InChI=1S/C12H18N4O2/c1-7-4-9(8(2)15-14-7)12(18)16(3)10-5-13-6-11(10)17/h4,10-11,13,17H,5-6H2,1-3H3/t10-,11-/m0/s1. The van der Waals surface area contributed by atoms with Crippen molar-refractivity contribution >= 4 is 5.91 Å². The van der Waals surface area contributed by atoms with Gasteiger partial charge in [0.1, 0.15) is 0 Å². The van der Waals surface area contributed by atoms with E-state index in [4.69, 9.17) is 0 Å². The van der Waals surface area contributed by atoms with Gasteiger partial charge in [0.2, 0.25) is 0 Å². The molecule has 2 rings (SSSR count). The van der Waals surface area contributed by atoms with Crippen LogP contribution in [0.3, 0.4) is 0 Å². The summed E-state index contributed by atoms with van der Waals surface area (Å²) in [5.74, 6) is -0.127. The fraction of sp³-hybridized carbons (Fsp3) is 0.583. The van der Waals surface area contributed by atoms with Crippen molar-refractivity contribution in [2.75, 3.05) is 20.1 Å². The molecular formula is C12H18N4O2. The van der Waals surface area contributed by atoms with Crippen molar-refractivity contribution in [3.05, 3.63) is 23.0 Å². The summed E-state index contributed by atoms with van der Waals surface area (Å²) in [7, 11) is 1.71. The van der Waals surface area contributed by atoms with Gasteiger partial charge in [0.25, 0.3) is 5.91 Å². The van der Waals surface area contributed by atoms with Gasteiger partial charge in [0.15, 0.2) is 0 Å². The summed E-state index contributed by atoms with van der Waals surface area (Å²) in [5.41, 5.74) is 1.87. The topological polar surface area (TPSA) is 78.4 Å². The predicted molar refractivity (Wildman–Crippen MR) is 66.3 cm³/mol. The zero-order chi connectivity index (χ0) is 13.3. The van der Waals surface area contributed by atoms with Gasteiger partial charge >= 0.3 is 0 Å². The Labute approximate surface area is 106 Å². The van der Waals surface area contributed by atoms with E-state index >= 15 is 0 Å². The molecule has 1 aliphatic rings. The highest BCUT2D eigenvalue weighted by Crippen LogP contribution is 2.14. The number of aryl methyl sites for hydroxylation is 2. The van der Waals surface area contributed by atoms with Crippen LogP contribution in [0.4, 0.5) is 0 Å². The fourth-order valence-electron chi connectivity index (χ4n) is 2.15. The zero-order valence-electron chi connectivity index (χ0n) is 10.8. The molecule has 1 aromatic heterocycles. The number of nitrogens with zero attached hydrogens (tertiary/aromatic N) is 3. The summed E-state index contributed by atoms with van der Waals surface area (Å²) in [4.78, 5) is 13.9. The Balaban J connectivity index is 2.22. The Hall–Kier alpha value is -1.53. The molecule has 1 aliphatic heterocycles. The molecule has 2 heterocycles. The van der Waals surface area contributed by atoms with Crippen LogP contribution in [0.2, 0.25) is 0 Å². The number of aliphatic hydroxyl groups excluding tert-OH is 1. The molecular weight excluding hydrogens is 232 g/mol. The molecule has 18 heavy (non-hydrogen) atoms. The molecule has 0 unspecified atom stereocenters. The first kappa shape index (κ1) is 12.9. The number of carbonyl (C=O) groups excluding carboxylic acids is 1. The second kappa shape index (κ2) is 4.99. The third-order valence-corrected chi connectivity index (χ3v) is 3.30. The van der Waals surface area contributed by atoms with Crippen molar-refractivity contribution in [2.45, 2.75) is 26.0 Å². The van der Waals surface area contributed by atoms with E-state index in [1.54, 1.807) is 31.9 Å². The Morgan fingerprint density at radius 2 is 2.17 bits per heavy atom. The number of amides is 1. The summed E-state index contributed by atoms with van der Waals surface area (Å²) in [6.45, 7) is 4.70. The molecule has 0 spiro atoms. The van der Waals surface area contributed by atoms with Gasteiger partial charge < -0.3 is 15.3 Å².